The van der Waals surface area contributed by atoms with E-state index in [4.69, 9.17) is 10.00 Å². The van der Waals surface area contributed by atoms with Crippen LogP contribution < -0.4 is 5.32 Å². The molecule has 0 atom stereocenters. The van der Waals surface area contributed by atoms with E-state index >= 15 is 0 Å². The summed E-state index contributed by atoms with van der Waals surface area (Å²) in [6.45, 7) is -0.637. The molecule has 0 saturated carbocycles. The molecule has 0 fully saturated rings. The highest BCUT2D eigenvalue weighted by Crippen LogP contribution is 2.20. The van der Waals surface area contributed by atoms with Gasteiger partial charge in [0.15, 0.2) is 6.61 Å². The second-order valence-corrected chi connectivity index (χ2v) is 5.56. The minimum Gasteiger partial charge on any atom is -0.465 e. The molecule has 0 unspecified atom stereocenters. The monoisotopic (exact) mass is 396 g/mol. The fraction of sp³-hybridized carbons (Fsp3) is 0.150. The summed E-state index contributed by atoms with van der Waals surface area (Å²) in [5.41, 5.74) is 0.649. The third-order valence-corrected chi connectivity index (χ3v) is 3.70. The zero-order chi connectivity index (χ0) is 21.4. The molecule has 2 rings (SSSR count). The lowest BCUT2D eigenvalue weighted by Crippen LogP contribution is -2.22. The fourth-order valence-corrected chi connectivity index (χ4v) is 2.26. The topological polar surface area (TPSA) is 132 Å². The van der Waals surface area contributed by atoms with Crippen LogP contribution in [0, 0.1) is 11.3 Å². The normalized spacial score (nSPS) is 9.69. The maximum absolute atomic E-state index is 12.2. The Labute approximate surface area is 165 Å². The summed E-state index contributed by atoms with van der Waals surface area (Å²) in [6, 6.07) is 11.5. The third kappa shape index (κ3) is 5.40. The molecule has 1 amide bonds. The summed E-state index contributed by atoms with van der Waals surface area (Å²) in [6.07, 6.45) is 0. The van der Waals surface area contributed by atoms with E-state index in [0.717, 1.165) is 0 Å². The molecule has 0 aliphatic rings. The summed E-state index contributed by atoms with van der Waals surface area (Å²) < 4.78 is 14.2. The molecule has 0 aromatic heterocycles. The van der Waals surface area contributed by atoms with Gasteiger partial charge in [-0.25, -0.2) is 14.4 Å². The number of nitriles is 1. The van der Waals surface area contributed by atoms with Crippen molar-refractivity contribution in [2.45, 2.75) is 0 Å². The number of hydrogen-bond donors (Lipinski definition) is 1. The number of carbonyl (C=O) groups excluding carboxylic acids is 4. The Kier molecular flexibility index (Phi) is 7.03. The lowest BCUT2D eigenvalue weighted by Gasteiger charge is -2.11. The van der Waals surface area contributed by atoms with E-state index in [1.165, 1.54) is 56.7 Å². The zero-order valence-electron chi connectivity index (χ0n) is 15.6. The largest absolute Gasteiger partial charge is 0.465 e. The molecule has 2 aromatic rings. The van der Waals surface area contributed by atoms with Gasteiger partial charge in [0.2, 0.25) is 0 Å². The van der Waals surface area contributed by atoms with Gasteiger partial charge in [-0.15, -0.1) is 0 Å². The van der Waals surface area contributed by atoms with Crippen LogP contribution in [0.3, 0.4) is 0 Å². The summed E-state index contributed by atoms with van der Waals surface area (Å²) >= 11 is 0. The molecule has 9 nitrogen and oxygen atoms in total. The molecule has 1 N–H and O–H groups in total. The van der Waals surface area contributed by atoms with E-state index in [1.807, 2.05) is 6.07 Å². The number of nitrogens with zero attached hydrogens (tertiary/aromatic N) is 1. The molecular weight excluding hydrogens is 380 g/mol. The molecule has 9 heteroatoms. The smallest absolute Gasteiger partial charge is 0.339 e. The maximum Gasteiger partial charge on any atom is 0.339 e. The van der Waals surface area contributed by atoms with Crippen LogP contribution in [-0.2, 0) is 19.0 Å². The molecule has 0 saturated heterocycles. The van der Waals surface area contributed by atoms with E-state index in [1.54, 1.807) is 0 Å². The molecule has 29 heavy (non-hydrogen) atoms. The molecule has 148 valence electrons. The van der Waals surface area contributed by atoms with E-state index in [0.29, 0.717) is 5.56 Å². The summed E-state index contributed by atoms with van der Waals surface area (Å²) in [7, 11) is 2.36. The summed E-state index contributed by atoms with van der Waals surface area (Å²) in [4.78, 5) is 47.7. The number of amides is 1. The van der Waals surface area contributed by atoms with Crippen molar-refractivity contribution in [1.82, 2.24) is 0 Å². The first-order chi connectivity index (χ1) is 13.9. The minimum absolute atomic E-state index is 0.000767. The van der Waals surface area contributed by atoms with Crippen LogP contribution in [0.4, 0.5) is 5.69 Å². The highest BCUT2D eigenvalue weighted by Gasteiger charge is 2.18. The highest BCUT2D eigenvalue weighted by atomic mass is 16.5. The van der Waals surface area contributed by atoms with Crippen molar-refractivity contribution >= 4 is 29.5 Å². The number of ether oxygens (including phenoxy) is 3. The standard InChI is InChI=1S/C20H16N2O7/c1-27-18(24)14-7-8-15(20(26)28-2)16(9-14)22-17(23)11-29-19(25)13-5-3-12(10-21)4-6-13/h3-9H,11H2,1-2H3,(H,22,23). The van der Waals surface area contributed by atoms with E-state index in [2.05, 4.69) is 14.8 Å². The lowest BCUT2D eigenvalue weighted by molar-refractivity contribution is -0.119. The van der Waals surface area contributed by atoms with Gasteiger partial charge in [0.1, 0.15) is 0 Å². The third-order valence-electron chi connectivity index (χ3n) is 3.70. The Morgan fingerprint density at radius 3 is 2.10 bits per heavy atom. The van der Waals surface area contributed by atoms with Crippen molar-refractivity contribution in [1.29, 1.82) is 5.26 Å². The van der Waals surface area contributed by atoms with Crippen molar-refractivity contribution in [3.8, 4) is 6.07 Å². The number of esters is 3. The summed E-state index contributed by atoms with van der Waals surface area (Å²) in [5, 5.41) is 11.2. The van der Waals surface area contributed by atoms with Crippen molar-refractivity contribution < 1.29 is 33.4 Å². The van der Waals surface area contributed by atoms with Crippen molar-refractivity contribution in [3.05, 3.63) is 64.7 Å². The van der Waals surface area contributed by atoms with Crippen LogP contribution in [-0.4, -0.2) is 44.6 Å². The number of rotatable bonds is 6. The SMILES string of the molecule is COC(=O)c1ccc(C(=O)OC)c(NC(=O)COC(=O)c2ccc(C#N)cc2)c1. The van der Waals surface area contributed by atoms with Crippen LogP contribution in [0.15, 0.2) is 42.5 Å². The number of carbonyl (C=O) groups is 4. The quantitative estimate of drug-likeness (QED) is 0.579. The number of hydrogen-bond acceptors (Lipinski definition) is 8. The van der Waals surface area contributed by atoms with Gasteiger partial charge in [-0.05, 0) is 42.5 Å². The predicted molar refractivity (Wildman–Crippen MR) is 99.2 cm³/mol. The van der Waals surface area contributed by atoms with Gasteiger partial charge in [-0.1, -0.05) is 0 Å². The second kappa shape index (κ2) is 9.66. The van der Waals surface area contributed by atoms with Gasteiger partial charge in [-0.2, -0.15) is 5.26 Å². The van der Waals surface area contributed by atoms with Gasteiger partial charge in [0.05, 0.1) is 48.2 Å². The lowest BCUT2D eigenvalue weighted by atomic mass is 10.1. The molecule has 0 heterocycles. The molecule has 0 bridgehead atoms. The number of anilines is 1. The number of methoxy groups -OCH3 is 2. The molecule has 0 aliphatic carbocycles. The van der Waals surface area contributed by atoms with Gasteiger partial charge in [0, 0.05) is 0 Å². The maximum atomic E-state index is 12.2. The van der Waals surface area contributed by atoms with Crippen molar-refractivity contribution in [2.75, 3.05) is 26.1 Å². The van der Waals surface area contributed by atoms with E-state index in [9.17, 15) is 19.2 Å². The Balaban J connectivity index is 2.10. The van der Waals surface area contributed by atoms with Crippen LogP contribution in [0.2, 0.25) is 0 Å². The molecule has 2 aromatic carbocycles. The first kappa shape index (κ1) is 21.1. The van der Waals surface area contributed by atoms with Crippen LogP contribution in [0.5, 0.6) is 0 Å². The Morgan fingerprint density at radius 2 is 1.52 bits per heavy atom. The first-order valence-corrected chi connectivity index (χ1v) is 8.17. The van der Waals surface area contributed by atoms with E-state index < -0.39 is 30.4 Å². The van der Waals surface area contributed by atoms with Gasteiger partial charge < -0.3 is 19.5 Å². The van der Waals surface area contributed by atoms with Gasteiger partial charge >= 0.3 is 17.9 Å². The number of benzene rings is 2. The number of nitrogens with one attached hydrogen (secondary N) is 1. The Morgan fingerprint density at radius 1 is 0.897 bits per heavy atom. The van der Waals surface area contributed by atoms with Crippen LogP contribution >= 0.6 is 0 Å². The Bertz CT molecular complexity index is 991. The summed E-state index contributed by atoms with van der Waals surface area (Å²) in [5.74, 6) is -2.89. The van der Waals surface area contributed by atoms with E-state index in [-0.39, 0.29) is 22.4 Å². The molecule has 0 spiro atoms. The zero-order valence-corrected chi connectivity index (χ0v) is 15.6. The van der Waals surface area contributed by atoms with Gasteiger partial charge in [-0.3, -0.25) is 4.79 Å². The fourth-order valence-electron chi connectivity index (χ4n) is 2.26. The van der Waals surface area contributed by atoms with Crippen molar-refractivity contribution in [3.63, 3.8) is 0 Å². The van der Waals surface area contributed by atoms with Gasteiger partial charge in [0.25, 0.3) is 5.91 Å². The van der Waals surface area contributed by atoms with Crippen LogP contribution in [0.1, 0.15) is 36.6 Å². The van der Waals surface area contributed by atoms with Crippen LogP contribution in [0.25, 0.3) is 0 Å². The average molecular weight is 396 g/mol. The second-order valence-electron chi connectivity index (χ2n) is 5.56. The first-order valence-electron chi connectivity index (χ1n) is 8.17. The minimum atomic E-state index is -0.763. The highest BCUT2D eigenvalue weighted by molar-refractivity contribution is 6.04. The van der Waals surface area contributed by atoms with Crippen molar-refractivity contribution in [2.24, 2.45) is 0 Å². The molecule has 0 radical (unpaired) electrons. The average Bonchev–Trinajstić information content (AvgIpc) is 2.76. The molecule has 0 aliphatic heterocycles. The molecular formula is C20H16N2O7. The predicted octanol–water partition coefficient (Wildman–Crippen LogP) is 1.93. The Hall–Kier alpha value is -4.19.